The fourth-order valence-electron chi connectivity index (χ4n) is 1.28. The van der Waals surface area contributed by atoms with E-state index in [1.165, 1.54) is 0 Å². The van der Waals surface area contributed by atoms with Crippen molar-refractivity contribution in [3.8, 4) is 0 Å². The fourth-order valence-corrected chi connectivity index (χ4v) is 1.28. The smallest absolute Gasteiger partial charge is 0.294 e. The van der Waals surface area contributed by atoms with E-state index in [9.17, 15) is 4.79 Å². The summed E-state index contributed by atoms with van der Waals surface area (Å²) in [5.41, 5.74) is 5.36. The quantitative estimate of drug-likeness (QED) is 0.398. The van der Waals surface area contributed by atoms with Crippen LogP contribution in [0.25, 0.3) is 0 Å². The molecule has 1 atom stereocenters. The van der Waals surface area contributed by atoms with Crippen LogP contribution in [0.5, 0.6) is 0 Å². The first-order valence-electron chi connectivity index (χ1n) is 3.43. The van der Waals surface area contributed by atoms with Crippen molar-refractivity contribution in [1.82, 2.24) is 21.1 Å². The van der Waals surface area contributed by atoms with Gasteiger partial charge in [0.2, 0.25) is 0 Å². The highest BCUT2D eigenvalue weighted by atomic mass is 16.2. The van der Waals surface area contributed by atoms with E-state index in [0.29, 0.717) is 0 Å². The van der Waals surface area contributed by atoms with Gasteiger partial charge in [-0.2, -0.15) is 5.43 Å². The number of hydrazine groups is 1. The van der Waals surface area contributed by atoms with Gasteiger partial charge >= 0.3 is 6.03 Å². The van der Waals surface area contributed by atoms with Gasteiger partial charge in [-0.3, -0.25) is 15.6 Å². The minimum atomic E-state index is -0.0304. The Labute approximate surface area is 58.7 Å². The lowest BCUT2D eigenvalue weighted by atomic mass is 10.3. The Morgan fingerprint density at radius 1 is 1.60 bits per heavy atom. The van der Waals surface area contributed by atoms with E-state index in [2.05, 4.69) is 16.2 Å². The molecule has 0 aliphatic carbocycles. The number of carbonyl (C=O) groups is 1. The molecule has 2 fully saturated rings. The number of urea groups is 1. The van der Waals surface area contributed by atoms with Crippen molar-refractivity contribution in [3.05, 3.63) is 0 Å². The Morgan fingerprint density at radius 3 is 3.30 bits per heavy atom. The third-order valence-electron chi connectivity index (χ3n) is 1.80. The molecule has 1 unspecified atom stereocenters. The second-order valence-electron chi connectivity index (χ2n) is 2.48. The van der Waals surface area contributed by atoms with E-state index in [1.54, 1.807) is 4.90 Å². The standard InChI is InChI=1S/C5H10N4O/c10-5-8-7-4-6-2-1-3-9(4)5/h4,6-7H,1-3H2,(H,8,10). The zero-order valence-corrected chi connectivity index (χ0v) is 5.55. The van der Waals surface area contributed by atoms with Crippen LogP contribution in [0.15, 0.2) is 0 Å². The summed E-state index contributed by atoms with van der Waals surface area (Å²) >= 11 is 0. The molecule has 0 bridgehead atoms. The number of rotatable bonds is 0. The molecule has 10 heavy (non-hydrogen) atoms. The third-order valence-corrected chi connectivity index (χ3v) is 1.80. The van der Waals surface area contributed by atoms with Crippen LogP contribution in [-0.4, -0.2) is 30.3 Å². The maximum atomic E-state index is 10.9. The minimum Gasteiger partial charge on any atom is -0.294 e. The molecule has 2 rings (SSSR count). The molecular formula is C5H10N4O. The number of carbonyl (C=O) groups excluding carboxylic acids is 1. The molecule has 56 valence electrons. The molecule has 0 aromatic carbocycles. The first kappa shape index (κ1) is 5.94. The molecule has 5 heteroatoms. The van der Waals surface area contributed by atoms with E-state index in [-0.39, 0.29) is 12.3 Å². The summed E-state index contributed by atoms with van der Waals surface area (Å²) in [6, 6.07) is -0.0304. The summed E-state index contributed by atoms with van der Waals surface area (Å²) in [4.78, 5) is 12.7. The average Bonchev–Trinajstić information content (AvgIpc) is 2.34. The highest BCUT2D eigenvalue weighted by Gasteiger charge is 2.31. The van der Waals surface area contributed by atoms with E-state index < -0.39 is 0 Å². The fraction of sp³-hybridized carbons (Fsp3) is 0.800. The van der Waals surface area contributed by atoms with Crippen molar-refractivity contribution >= 4 is 6.03 Å². The van der Waals surface area contributed by atoms with Crippen molar-refractivity contribution in [1.29, 1.82) is 0 Å². The first-order chi connectivity index (χ1) is 4.88. The minimum absolute atomic E-state index is 0.0150. The van der Waals surface area contributed by atoms with Crippen LogP contribution in [0.3, 0.4) is 0 Å². The second kappa shape index (κ2) is 2.10. The monoisotopic (exact) mass is 142 g/mol. The van der Waals surface area contributed by atoms with Gasteiger partial charge in [0, 0.05) is 6.54 Å². The summed E-state index contributed by atoms with van der Waals surface area (Å²) in [6.07, 6.45) is 1.05. The van der Waals surface area contributed by atoms with Gasteiger partial charge in [-0.05, 0) is 13.0 Å². The van der Waals surface area contributed by atoms with Crippen molar-refractivity contribution in [2.24, 2.45) is 0 Å². The van der Waals surface area contributed by atoms with Crippen LogP contribution in [0.4, 0.5) is 4.79 Å². The number of hydrogen-bond donors (Lipinski definition) is 3. The molecule has 0 aromatic heterocycles. The lowest BCUT2D eigenvalue weighted by Crippen LogP contribution is -2.53. The van der Waals surface area contributed by atoms with Gasteiger partial charge < -0.3 is 0 Å². The van der Waals surface area contributed by atoms with Crippen LogP contribution < -0.4 is 16.2 Å². The van der Waals surface area contributed by atoms with Gasteiger partial charge in [-0.25, -0.2) is 4.79 Å². The number of amides is 2. The van der Waals surface area contributed by atoms with Crippen LogP contribution in [-0.2, 0) is 0 Å². The van der Waals surface area contributed by atoms with Crippen molar-refractivity contribution in [2.45, 2.75) is 12.7 Å². The Kier molecular flexibility index (Phi) is 1.25. The highest BCUT2D eigenvalue weighted by Crippen LogP contribution is 2.05. The first-order valence-corrected chi connectivity index (χ1v) is 3.43. The molecule has 2 heterocycles. The maximum Gasteiger partial charge on any atom is 0.334 e. The molecule has 2 aliphatic heterocycles. The van der Waals surface area contributed by atoms with E-state index >= 15 is 0 Å². The number of nitrogens with zero attached hydrogens (tertiary/aromatic N) is 1. The number of hydrogen-bond acceptors (Lipinski definition) is 3. The summed E-state index contributed by atoms with van der Waals surface area (Å²) < 4.78 is 0. The Morgan fingerprint density at radius 2 is 2.50 bits per heavy atom. The molecule has 2 saturated heterocycles. The van der Waals surface area contributed by atoms with Gasteiger partial charge in [0.15, 0.2) is 6.29 Å². The summed E-state index contributed by atoms with van der Waals surface area (Å²) in [7, 11) is 0. The number of nitrogens with one attached hydrogen (secondary N) is 3. The normalized spacial score (nSPS) is 31.8. The third kappa shape index (κ3) is 0.748. The van der Waals surface area contributed by atoms with E-state index in [1.807, 2.05) is 0 Å². The molecule has 3 N–H and O–H groups in total. The van der Waals surface area contributed by atoms with Crippen molar-refractivity contribution < 1.29 is 4.79 Å². The largest absolute Gasteiger partial charge is 0.334 e. The Hall–Kier alpha value is -0.810. The molecule has 5 nitrogen and oxygen atoms in total. The predicted molar refractivity (Wildman–Crippen MR) is 34.8 cm³/mol. The maximum absolute atomic E-state index is 10.9. The van der Waals surface area contributed by atoms with Crippen LogP contribution in [0.1, 0.15) is 6.42 Å². The SMILES string of the molecule is O=C1NNC2NCCCN12. The van der Waals surface area contributed by atoms with Gasteiger partial charge in [-0.15, -0.1) is 0 Å². The van der Waals surface area contributed by atoms with Crippen molar-refractivity contribution in [2.75, 3.05) is 13.1 Å². The Bertz CT molecular complexity index is 160. The van der Waals surface area contributed by atoms with Gasteiger partial charge in [0.05, 0.1) is 0 Å². The van der Waals surface area contributed by atoms with Gasteiger partial charge in [-0.1, -0.05) is 0 Å². The zero-order chi connectivity index (χ0) is 6.97. The van der Waals surface area contributed by atoms with Crippen LogP contribution in [0.2, 0.25) is 0 Å². The molecule has 2 aliphatic rings. The second-order valence-corrected chi connectivity index (χ2v) is 2.48. The van der Waals surface area contributed by atoms with Crippen LogP contribution >= 0.6 is 0 Å². The summed E-state index contributed by atoms with van der Waals surface area (Å²) in [6.45, 7) is 1.82. The predicted octanol–water partition coefficient (Wildman–Crippen LogP) is -1.21. The molecule has 0 spiro atoms. The van der Waals surface area contributed by atoms with Gasteiger partial charge in [0.1, 0.15) is 0 Å². The molecule has 2 amide bonds. The summed E-state index contributed by atoms with van der Waals surface area (Å²) in [5, 5.41) is 3.14. The van der Waals surface area contributed by atoms with E-state index in [0.717, 1.165) is 19.5 Å². The zero-order valence-electron chi connectivity index (χ0n) is 5.55. The highest BCUT2D eigenvalue weighted by molar-refractivity contribution is 5.75. The average molecular weight is 142 g/mol. The molecule has 0 saturated carbocycles. The lowest BCUT2D eigenvalue weighted by molar-refractivity contribution is 0.167. The molecule has 0 radical (unpaired) electrons. The lowest BCUT2D eigenvalue weighted by Gasteiger charge is -2.27. The molecule has 0 aromatic rings. The Balaban J connectivity index is 2.08. The van der Waals surface area contributed by atoms with Gasteiger partial charge in [0.25, 0.3) is 0 Å². The van der Waals surface area contributed by atoms with E-state index in [4.69, 9.17) is 0 Å². The van der Waals surface area contributed by atoms with Crippen molar-refractivity contribution in [3.63, 3.8) is 0 Å². The summed E-state index contributed by atoms with van der Waals surface area (Å²) in [5.74, 6) is 0. The van der Waals surface area contributed by atoms with Crippen LogP contribution in [0, 0.1) is 0 Å². The topological polar surface area (TPSA) is 56.4 Å². The molecular weight excluding hydrogens is 132 g/mol. The number of fused-ring (bicyclic) bond motifs is 1.